The molecule has 0 aliphatic heterocycles. The van der Waals surface area contributed by atoms with Crippen LogP contribution < -0.4 is 5.76 Å². The third kappa shape index (κ3) is 2.26. The first kappa shape index (κ1) is 13.4. The molecule has 102 valence electrons. The van der Waals surface area contributed by atoms with Crippen LogP contribution in [0.3, 0.4) is 0 Å². The molecule has 0 saturated heterocycles. The molecule has 6 nitrogen and oxygen atoms in total. The van der Waals surface area contributed by atoms with Gasteiger partial charge in [-0.3, -0.25) is 4.57 Å². The summed E-state index contributed by atoms with van der Waals surface area (Å²) in [6.45, 7) is 3.03. The molecule has 2 aromatic rings. The fourth-order valence-corrected chi connectivity index (χ4v) is 2.16. The summed E-state index contributed by atoms with van der Waals surface area (Å²) in [6, 6.07) is 3.33. The van der Waals surface area contributed by atoms with Crippen molar-refractivity contribution in [2.45, 2.75) is 25.9 Å². The van der Waals surface area contributed by atoms with E-state index in [0.717, 1.165) is 5.56 Å². The Hall–Kier alpha value is -2.08. The number of hydrogen-bond acceptors (Lipinski definition) is 4. The van der Waals surface area contributed by atoms with Gasteiger partial charge in [0.15, 0.2) is 11.2 Å². The molecular formula is C13H15NO5. The molecule has 6 heteroatoms. The first-order valence-electron chi connectivity index (χ1n) is 5.77. The largest absolute Gasteiger partial charge is 0.479 e. The molecule has 1 heterocycles. The number of nitrogens with zero attached hydrogens (tertiary/aromatic N) is 1. The van der Waals surface area contributed by atoms with Crippen LogP contribution in [0.15, 0.2) is 21.3 Å². The highest BCUT2D eigenvalue weighted by atomic mass is 16.4. The average Bonchev–Trinajstić information content (AvgIpc) is 2.53. The van der Waals surface area contributed by atoms with Crippen molar-refractivity contribution in [3.63, 3.8) is 0 Å². The topological polar surface area (TPSA) is 92.7 Å². The number of carboxylic acids is 1. The average molecular weight is 265 g/mol. The molecule has 0 aliphatic carbocycles. The fraction of sp³-hybridized carbons (Fsp3) is 0.385. The minimum atomic E-state index is -1.85. The second kappa shape index (κ2) is 4.24. The summed E-state index contributed by atoms with van der Waals surface area (Å²) < 4.78 is 6.47. The number of aryl methyl sites for hydroxylation is 2. The van der Waals surface area contributed by atoms with E-state index in [9.17, 15) is 14.7 Å². The Balaban J connectivity index is 2.53. The van der Waals surface area contributed by atoms with Gasteiger partial charge in [0.2, 0.25) is 0 Å². The van der Waals surface area contributed by atoms with Crippen molar-refractivity contribution >= 4 is 17.1 Å². The summed E-state index contributed by atoms with van der Waals surface area (Å²) in [4.78, 5) is 22.4. The Labute approximate surface area is 108 Å². The number of aromatic nitrogens is 1. The van der Waals surface area contributed by atoms with Crippen molar-refractivity contribution in [3.8, 4) is 0 Å². The van der Waals surface area contributed by atoms with E-state index in [1.165, 1.54) is 11.5 Å². The van der Waals surface area contributed by atoms with E-state index >= 15 is 0 Å². The van der Waals surface area contributed by atoms with Gasteiger partial charge in [-0.1, -0.05) is 6.07 Å². The van der Waals surface area contributed by atoms with Gasteiger partial charge in [0.25, 0.3) is 0 Å². The van der Waals surface area contributed by atoms with Gasteiger partial charge in [0, 0.05) is 13.5 Å². The highest BCUT2D eigenvalue weighted by molar-refractivity contribution is 5.79. The van der Waals surface area contributed by atoms with E-state index in [-0.39, 0.29) is 6.42 Å². The zero-order valence-corrected chi connectivity index (χ0v) is 10.9. The van der Waals surface area contributed by atoms with Crippen LogP contribution in [-0.4, -0.2) is 26.4 Å². The van der Waals surface area contributed by atoms with Crippen LogP contribution in [0.1, 0.15) is 18.1 Å². The summed E-state index contributed by atoms with van der Waals surface area (Å²) >= 11 is 0. The van der Waals surface area contributed by atoms with Gasteiger partial charge in [0.1, 0.15) is 0 Å². The normalized spacial score (nSPS) is 14.5. The second-order valence-corrected chi connectivity index (χ2v) is 4.94. The summed E-state index contributed by atoms with van der Waals surface area (Å²) in [5.41, 5.74) is 0.607. The van der Waals surface area contributed by atoms with Crippen molar-refractivity contribution in [1.29, 1.82) is 0 Å². The zero-order chi connectivity index (χ0) is 14.4. The Morgan fingerprint density at radius 2 is 2.11 bits per heavy atom. The number of carbonyl (C=O) groups is 1. The van der Waals surface area contributed by atoms with Gasteiger partial charge < -0.3 is 14.6 Å². The number of fused-ring (bicyclic) bond motifs is 1. The van der Waals surface area contributed by atoms with Crippen molar-refractivity contribution in [2.75, 3.05) is 0 Å². The van der Waals surface area contributed by atoms with Gasteiger partial charge in [-0.2, -0.15) is 0 Å². The van der Waals surface area contributed by atoms with E-state index < -0.39 is 17.3 Å². The van der Waals surface area contributed by atoms with Crippen molar-refractivity contribution < 1.29 is 19.4 Å². The molecule has 1 aromatic heterocycles. The van der Waals surface area contributed by atoms with Crippen LogP contribution in [0.2, 0.25) is 0 Å². The molecule has 2 N–H and O–H groups in total. The molecule has 0 amide bonds. The van der Waals surface area contributed by atoms with E-state index in [2.05, 4.69) is 0 Å². The maximum Gasteiger partial charge on any atom is 0.419 e. The number of aliphatic hydroxyl groups is 1. The van der Waals surface area contributed by atoms with Gasteiger partial charge in [-0.25, -0.2) is 9.59 Å². The highest BCUT2D eigenvalue weighted by Gasteiger charge is 2.30. The first-order chi connectivity index (χ1) is 8.72. The molecule has 0 unspecified atom stereocenters. The molecule has 0 fully saturated rings. The van der Waals surface area contributed by atoms with Gasteiger partial charge >= 0.3 is 11.7 Å². The predicted octanol–water partition coefficient (Wildman–Crippen LogP) is 0.818. The van der Waals surface area contributed by atoms with Crippen LogP contribution in [-0.2, 0) is 18.3 Å². The van der Waals surface area contributed by atoms with Crippen LogP contribution in [0.25, 0.3) is 11.1 Å². The van der Waals surface area contributed by atoms with Crippen molar-refractivity contribution in [2.24, 2.45) is 7.05 Å². The minimum Gasteiger partial charge on any atom is -0.479 e. The molecule has 2 rings (SSSR count). The van der Waals surface area contributed by atoms with Crippen LogP contribution in [0.5, 0.6) is 0 Å². The second-order valence-electron chi connectivity index (χ2n) is 4.94. The van der Waals surface area contributed by atoms with E-state index in [0.29, 0.717) is 16.7 Å². The lowest BCUT2D eigenvalue weighted by Gasteiger charge is -2.18. The third-order valence-corrected chi connectivity index (χ3v) is 3.14. The standard InChI is InChI=1S/C13H15NO5/c1-7-4-8(6-13(2,18)11(15)16)5-9-10(7)14(3)12(17)19-9/h4-5,18H,6H2,1-3H3,(H,15,16)/t13-/m1/s1. The molecule has 0 aliphatic rings. The Kier molecular flexibility index (Phi) is 2.98. The SMILES string of the molecule is Cc1cc(C[C@@](C)(O)C(=O)O)cc2oc(=O)n(C)c12. The monoisotopic (exact) mass is 265 g/mol. The van der Waals surface area contributed by atoms with Crippen molar-refractivity contribution in [1.82, 2.24) is 4.57 Å². The lowest BCUT2D eigenvalue weighted by atomic mass is 9.95. The lowest BCUT2D eigenvalue weighted by Crippen LogP contribution is -2.37. The Morgan fingerprint density at radius 1 is 1.47 bits per heavy atom. The maximum absolute atomic E-state index is 11.4. The molecule has 0 spiro atoms. The van der Waals surface area contributed by atoms with Gasteiger partial charge in [-0.05, 0) is 31.0 Å². The molecule has 0 radical (unpaired) electrons. The molecular weight excluding hydrogens is 250 g/mol. The van der Waals surface area contributed by atoms with Crippen molar-refractivity contribution in [3.05, 3.63) is 33.8 Å². The van der Waals surface area contributed by atoms with Crippen LogP contribution in [0, 0.1) is 6.92 Å². The quantitative estimate of drug-likeness (QED) is 0.857. The molecule has 1 aromatic carbocycles. The predicted molar refractivity (Wildman–Crippen MR) is 68.2 cm³/mol. The van der Waals surface area contributed by atoms with E-state index in [1.54, 1.807) is 26.1 Å². The minimum absolute atomic E-state index is 0.0578. The Morgan fingerprint density at radius 3 is 2.68 bits per heavy atom. The van der Waals surface area contributed by atoms with E-state index in [1.807, 2.05) is 0 Å². The zero-order valence-electron chi connectivity index (χ0n) is 10.9. The first-order valence-corrected chi connectivity index (χ1v) is 5.77. The van der Waals surface area contributed by atoms with Gasteiger partial charge in [-0.15, -0.1) is 0 Å². The van der Waals surface area contributed by atoms with E-state index in [4.69, 9.17) is 9.52 Å². The van der Waals surface area contributed by atoms with Gasteiger partial charge in [0.05, 0.1) is 5.52 Å². The highest BCUT2D eigenvalue weighted by Crippen LogP contribution is 2.22. The summed E-state index contributed by atoms with van der Waals surface area (Å²) in [5, 5.41) is 18.7. The lowest BCUT2D eigenvalue weighted by molar-refractivity contribution is -0.156. The summed E-state index contributed by atoms with van der Waals surface area (Å²) in [7, 11) is 1.61. The maximum atomic E-state index is 11.4. The molecule has 0 bridgehead atoms. The number of benzene rings is 1. The number of hydrogen-bond donors (Lipinski definition) is 2. The molecule has 19 heavy (non-hydrogen) atoms. The number of oxazole rings is 1. The van der Waals surface area contributed by atoms with Crippen LogP contribution >= 0.6 is 0 Å². The molecule has 0 saturated carbocycles. The Bertz CT molecular complexity index is 708. The fourth-order valence-electron chi connectivity index (χ4n) is 2.16. The number of aliphatic carboxylic acids is 1. The summed E-state index contributed by atoms with van der Waals surface area (Å²) in [5.74, 6) is -1.76. The number of carboxylic acid groups (broad SMARTS) is 1. The number of rotatable bonds is 3. The third-order valence-electron chi connectivity index (χ3n) is 3.14. The molecule has 1 atom stereocenters. The smallest absolute Gasteiger partial charge is 0.419 e. The summed E-state index contributed by atoms with van der Waals surface area (Å²) in [6.07, 6.45) is -0.0578. The van der Waals surface area contributed by atoms with Crippen LogP contribution in [0.4, 0.5) is 0 Å².